The maximum atomic E-state index is 13.0. The van der Waals surface area contributed by atoms with E-state index in [4.69, 9.17) is 11.6 Å². The van der Waals surface area contributed by atoms with Crippen LogP contribution in [0.25, 0.3) is 5.69 Å². The van der Waals surface area contributed by atoms with E-state index in [1.165, 1.54) is 0 Å². The van der Waals surface area contributed by atoms with E-state index in [0.29, 0.717) is 28.6 Å². The number of benzene rings is 1. The van der Waals surface area contributed by atoms with Crippen LogP contribution in [0.15, 0.2) is 53.5 Å². The summed E-state index contributed by atoms with van der Waals surface area (Å²) in [6.45, 7) is -0.624. The lowest BCUT2D eigenvalue weighted by atomic mass is 10.2. The number of hydrogen-bond acceptors (Lipinski definition) is 3. The molecule has 2 heterocycles. The molecule has 30 heavy (non-hydrogen) atoms. The smallest absolute Gasteiger partial charge is 0.309 e. The largest absolute Gasteiger partial charge is 0.417 e. The summed E-state index contributed by atoms with van der Waals surface area (Å²) in [7, 11) is 0. The first kappa shape index (κ1) is 20.2. The summed E-state index contributed by atoms with van der Waals surface area (Å²) in [6, 6.07) is 11.4. The minimum absolute atomic E-state index is 0.329. The summed E-state index contributed by atoms with van der Waals surface area (Å²) in [5.41, 5.74) is -0.437. The first-order valence-corrected chi connectivity index (χ1v) is 9.52. The van der Waals surface area contributed by atoms with Crippen LogP contribution in [0.5, 0.6) is 0 Å². The zero-order chi connectivity index (χ0) is 21.5. The predicted octanol–water partition coefficient (Wildman–Crippen LogP) is 4.22. The zero-order valence-electron chi connectivity index (χ0n) is 15.5. The summed E-state index contributed by atoms with van der Waals surface area (Å²) < 4.78 is 41.2. The Morgan fingerprint density at radius 1 is 1.20 bits per heavy atom. The highest BCUT2D eigenvalue weighted by Gasteiger charge is 2.32. The summed E-state index contributed by atoms with van der Waals surface area (Å²) in [5, 5.41) is 6.58. The number of carbonyl (C=O) groups is 1. The second-order valence-corrected chi connectivity index (χ2v) is 7.44. The van der Waals surface area contributed by atoms with Crippen LogP contribution >= 0.6 is 11.6 Å². The van der Waals surface area contributed by atoms with Gasteiger partial charge in [0.25, 0.3) is 5.56 Å². The number of anilines is 1. The summed E-state index contributed by atoms with van der Waals surface area (Å²) in [5.74, 6) is 0.0293. The Hall–Kier alpha value is -3.07. The first-order chi connectivity index (χ1) is 14.2. The molecule has 1 fully saturated rings. The maximum Gasteiger partial charge on any atom is 0.417 e. The van der Waals surface area contributed by atoms with Crippen LogP contribution in [0.3, 0.4) is 0 Å². The van der Waals surface area contributed by atoms with Crippen molar-refractivity contribution in [1.29, 1.82) is 0 Å². The Labute approximate surface area is 173 Å². The molecule has 0 radical (unpaired) electrons. The highest BCUT2D eigenvalue weighted by molar-refractivity contribution is 6.30. The Bertz CT molecular complexity index is 1150. The SMILES string of the molecule is O=C(Cn1cc(C(F)(F)F)cc(Cl)c1=O)Nc1cc(C2CC2)nn1-c1ccccc1. The lowest BCUT2D eigenvalue weighted by Gasteiger charge is -2.12. The van der Waals surface area contributed by atoms with Crippen LogP contribution in [0.4, 0.5) is 19.0 Å². The molecular formula is C20H16ClF3N4O2. The summed E-state index contributed by atoms with van der Waals surface area (Å²) in [6.07, 6.45) is -2.09. The molecule has 0 saturated heterocycles. The van der Waals surface area contributed by atoms with Crippen molar-refractivity contribution in [3.8, 4) is 5.69 Å². The van der Waals surface area contributed by atoms with Gasteiger partial charge in [-0.3, -0.25) is 9.59 Å². The van der Waals surface area contributed by atoms with Crippen molar-refractivity contribution in [2.24, 2.45) is 0 Å². The fourth-order valence-electron chi connectivity index (χ4n) is 3.04. The number of para-hydroxylation sites is 1. The number of nitrogens with one attached hydrogen (secondary N) is 1. The van der Waals surface area contributed by atoms with Gasteiger partial charge in [0.05, 0.1) is 16.9 Å². The van der Waals surface area contributed by atoms with Crippen LogP contribution in [0.1, 0.15) is 30.0 Å². The average molecular weight is 437 g/mol. The molecule has 1 saturated carbocycles. The van der Waals surface area contributed by atoms with Crippen molar-refractivity contribution in [2.75, 3.05) is 5.32 Å². The maximum absolute atomic E-state index is 13.0. The third kappa shape index (κ3) is 4.25. The van der Waals surface area contributed by atoms with Crippen LogP contribution in [0.2, 0.25) is 5.02 Å². The average Bonchev–Trinajstić information content (AvgIpc) is 3.46. The minimum Gasteiger partial charge on any atom is -0.309 e. The van der Waals surface area contributed by atoms with Crippen LogP contribution in [0, 0.1) is 0 Å². The predicted molar refractivity (Wildman–Crippen MR) is 105 cm³/mol. The molecule has 1 aromatic carbocycles. The van der Waals surface area contributed by atoms with Gasteiger partial charge in [0.2, 0.25) is 5.91 Å². The van der Waals surface area contributed by atoms with E-state index < -0.39 is 34.8 Å². The standard InChI is InChI=1S/C20H16ClF3N4O2/c21-15-8-13(20(22,23)24)10-27(19(15)30)11-18(29)25-17-9-16(12-6-7-12)26-28(17)14-4-2-1-3-5-14/h1-5,8-10,12H,6-7,11H2,(H,25,29). The molecule has 1 aliphatic carbocycles. The lowest BCUT2D eigenvalue weighted by molar-refractivity contribution is -0.138. The number of rotatable bonds is 5. The van der Waals surface area contributed by atoms with Gasteiger partial charge in [0.1, 0.15) is 17.4 Å². The highest BCUT2D eigenvalue weighted by Crippen LogP contribution is 2.40. The molecule has 156 valence electrons. The molecule has 4 rings (SSSR count). The topological polar surface area (TPSA) is 68.9 Å². The van der Waals surface area contributed by atoms with Gasteiger partial charge in [0.15, 0.2) is 0 Å². The number of pyridine rings is 1. The monoisotopic (exact) mass is 436 g/mol. The second kappa shape index (κ2) is 7.64. The Morgan fingerprint density at radius 3 is 2.53 bits per heavy atom. The Morgan fingerprint density at radius 2 is 1.90 bits per heavy atom. The van der Waals surface area contributed by atoms with Crippen molar-refractivity contribution in [3.63, 3.8) is 0 Å². The number of carbonyl (C=O) groups excluding carboxylic acids is 1. The Kier molecular flexibility index (Phi) is 5.15. The number of hydrogen-bond donors (Lipinski definition) is 1. The van der Waals surface area contributed by atoms with E-state index in [1.54, 1.807) is 10.7 Å². The summed E-state index contributed by atoms with van der Waals surface area (Å²) >= 11 is 5.64. The molecule has 6 nitrogen and oxygen atoms in total. The van der Waals surface area contributed by atoms with Crippen molar-refractivity contribution in [1.82, 2.24) is 14.3 Å². The summed E-state index contributed by atoms with van der Waals surface area (Å²) in [4.78, 5) is 24.6. The molecule has 10 heteroatoms. The molecule has 3 aromatic rings. The minimum atomic E-state index is -4.69. The van der Waals surface area contributed by atoms with Crippen molar-refractivity contribution < 1.29 is 18.0 Å². The van der Waals surface area contributed by atoms with Crippen LogP contribution in [-0.4, -0.2) is 20.3 Å². The van der Waals surface area contributed by atoms with E-state index in [9.17, 15) is 22.8 Å². The molecule has 1 N–H and O–H groups in total. The number of alkyl halides is 3. The third-order valence-corrected chi connectivity index (χ3v) is 4.95. The zero-order valence-corrected chi connectivity index (χ0v) is 16.2. The molecular weight excluding hydrogens is 421 g/mol. The second-order valence-electron chi connectivity index (χ2n) is 7.03. The Balaban J connectivity index is 1.61. The number of halogens is 4. The van der Waals surface area contributed by atoms with Crippen LogP contribution in [-0.2, 0) is 17.5 Å². The third-order valence-electron chi connectivity index (χ3n) is 4.68. The molecule has 1 aliphatic rings. The highest BCUT2D eigenvalue weighted by atomic mass is 35.5. The van der Waals surface area contributed by atoms with Gasteiger partial charge in [-0.2, -0.15) is 18.3 Å². The van der Waals surface area contributed by atoms with E-state index in [1.807, 2.05) is 30.3 Å². The van der Waals surface area contributed by atoms with Gasteiger partial charge in [-0.25, -0.2) is 4.68 Å². The van der Waals surface area contributed by atoms with Crippen molar-refractivity contribution in [3.05, 3.63) is 75.3 Å². The lowest BCUT2D eigenvalue weighted by Crippen LogP contribution is -2.29. The van der Waals surface area contributed by atoms with E-state index in [2.05, 4.69) is 10.4 Å². The van der Waals surface area contributed by atoms with Gasteiger partial charge in [-0.1, -0.05) is 29.8 Å². The van der Waals surface area contributed by atoms with E-state index in [-0.39, 0.29) is 0 Å². The molecule has 1 amide bonds. The van der Waals surface area contributed by atoms with E-state index in [0.717, 1.165) is 24.2 Å². The van der Waals surface area contributed by atoms with Crippen LogP contribution < -0.4 is 10.9 Å². The van der Waals surface area contributed by atoms with Crippen molar-refractivity contribution in [2.45, 2.75) is 31.5 Å². The molecule has 0 aliphatic heterocycles. The number of nitrogens with zero attached hydrogens (tertiary/aromatic N) is 3. The quantitative estimate of drug-likeness (QED) is 0.651. The van der Waals surface area contributed by atoms with E-state index >= 15 is 0 Å². The van der Waals surface area contributed by atoms with Gasteiger partial charge >= 0.3 is 6.18 Å². The normalized spacial score (nSPS) is 14.0. The molecule has 0 unspecified atom stereocenters. The van der Waals surface area contributed by atoms with Gasteiger partial charge in [-0.15, -0.1) is 0 Å². The van der Waals surface area contributed by atoms with Gasteiger partial charge in [0, 0.05) is 18.2 Å². The molecule has 0 atom stereocenters. The fraction of sp³-hybridized carbons (Fsp3) is 0.250. The van der Waals surface area contributed by atoms with Crippen molar-refractivity contribution >= 4 is 23.3 Å². The number of amides is 1. The molecule has 0 bridgehead atoms. The first-order valence-electron chi connectivity index (χ1n) is 9.15. The number of aromatic nitrogens is 3. The molecule has 2 aromatic heterocycles. The molecule has 0 spiro atoms. The fourth-order valence-corrected chi connectivity index (χ4v) is 3.27. The van der Waals surface area contributed by atoms with Gasteiger partial charge in [-0.05, 0) is 31.0 Å². The van der Waals surface area contributed by atoms with Gasteiger partial charge < -0.3 is 9.88 Å².